The number of rotatable bonds is 7. The van der Waals surface area contributed by atoms with Crippen molar-refractivity contribution in [1.82, 2.24) is 25.1 Å². The van der Waals surface area contributed by atoms with Gasteiger partial charge in [0, 0.05) is 31.6 Å². The number of hydrogen-bond donors (Lipinski definition) is 2. The van der Waals surface area contributed by atoms with Crippen LogP contribution in [0.25, 0.3) is 11.0 Å². The number of hydrogen-bond acceptors (Lipinski definition) is 5. The molecule has 1 aromatic heterocycles. The Morgan fingerprint density at radius 1 is 0.970 bits per heavy atom. The number of aromatic nitrogens is 2. The molecule has 1 aromatic carbocycles. The molecule has 5 rings (SSSR count). The van der Waals surface area contributed by atoms with Gasteiger partial charge in [0.25, 0.3) is 0 Å². The van der Waals surface area contributed by atoms with Gasteiger partial charge < -0.3 is 25.0 Å². The van der Waals surface area contributed by atoms with Crippen molar-refractivity contribution in [1.29, 1.82) is 0 Å². The molecule has 7 nitrogen and oxygen atoms in total. The number of anilines is 1. The molecule has 2 aromatic rings. The number of benzene rings is 1. The van der Waals surface area contributed by atoms with Gasteiger partial charge >= 0.3 is 0 Å². The van der Waals surface area contributed by atoms with E-state index in [2.05, 4.69) is 31.1 Å². The molecular formula is C26H40N6O. The Bertz CT molecular complexity index is 858. The second kappa shape index (κ2) is 10.9. The molecule has 1 amide bonds. The summed E-state index contributed by atoms with van der Waals surface area (Å²) >= 11 is 0. The van der Waals surface area contributed by atoms with Gasteiger partial charge in [0.1, 0.15) is 0 Å². The van der Waals surface area contributed by atoms with Gasteiger partial charge in [0.2, 0.25) is 11.9 Å². The van der Waals surface area contributed by atoms with Crippen molar-refractivity contribution in [2.24, 2.45) is 5.92 Å². The number of para-hydroxylation sites is 2. The molecule has 0 spiro atoms. The van der Waals surface area contributed by atoms with E-state index >= 15 is 0 Å². The summed E-state index contributed by atoms with van der Waals surface area (Å²) in [5.74, 6) is 1.30. The maximum Gasteiger partial charge on any atom is 0.223 e. The van der Waals surface area contributed by atoms with Gasteiger partial charge in [-0.15, -0.1) is 0 Å². The molecule has 3 aliphatic heterocycles. The molecule has 7 heteroatoms. The lowest BCUT2D eigenvalue weighted by molar-refractivity contribution is -0.125. The van der Waals surface area contributed by atoms with Crippen LogP contribution in [0, 0.1) is 5.92 Å². The Labute approximate surface area is 197 Å². The number of likely N-dealkylation sites (tertiary alicyclic amines) is 2. The highest BCUT2D eigenvalue weighted by atomic mass is 16.1. The lowest BCUT2D eigenvalue weighted by Gasteiger charge is -2.40. The van der Waals surface area contributed by atoms with Gasteiger partial charge in [-0.3, -0.25) is 4.79 Å². The molecule has 2 N–H and O–H groups in total. The first-order valence-electron chi connectivity index (χ1n) is 13.2. The topological polar surface area (TPSA) is 67.5 Å². The van der Waals surface area contributed by atoms with Crippen LogP contribution in [-0.4, -0.2) is 84.1 Å². The fourth-order valence-electron chi connectivity index (χ4n) is 5.89. The second-order valence-electron chi connectivity index (χ2n) is 10.2. The maximum atomic E-state index is 12.7. The van der Waals surface area contributed by atoms with Crippen LogP contribution in [0.15, 0.2) is 24.3 Å². The first-order valence-corrected chi connectivity index (χ1v) is 13.2. The van der Waals surface area contributed by atoms with Crippen LogP contribution in [0.4, 0.5) is 5.95 Å². The largest absolute Gasteiger partial charge is 0.356 e. The van der Waals surface area contributed by atoms with E-state index in [0.29, 0.717) is 0 Å². The van der Waals surface area contributed by atoms with Crippen molar-refractivity contribution in [3.63, 3.8) is 0 Å². The monoisotopic (exact) mass is 452 g/mol. The minimum Gasteiger partial charge on any atom is -0.356 e. The van der Waals surface area contributed by atoms with E-state index in [1.165, 1.54) is 58.3 Å². The van der Waals surface area contributed by atoms with E-state index in [-0.39, 0.29) is 11.8 Å². The second-order valence-corrected chi connectivity index (χ2v) is 10.2. The van der Waals surface area contributed by atoms with Gasteiger partial charge in [0.05, 0.1) is 11.0 Å². The van der Waals surface area contributed by atoms with Crippen LogP contribution < -0.4 is 10.2 Å². The van der Waals surface area contributed by atoms with Crippen LogP contribution in [0.2, 0.25) is 0 Å². The van der Waals surface area contributed by atoms with Gasteiger partial charge in [-0.05, 0) is 89.8 Å². The molecule has 0 atom stereocenters. The molecule has 0 radical (unpaired) electrons. The number of imidazole rings is 1. The summed E-state index contributed by atoms with van der Waals surface area (Å²) < 4.78 is 0. The Hall–Kier alpha value is -2.12. The van der Waals surface area contributed by atoms with E-state index in [1.54, 1.807) is 0 Å². The molecule has 3 aliphatic rings. The standard InChI is InChI=1S/C26H40N6O/c33-25(21-9-19-32(20-10-21)26-28-23-7-2-3-8-24(23)29-26)27-13-6-14-30-17-11-22(12-18-30)31-15-4-1-5-16-31/h2-3,7-8,21-22H,1,4-6,9-20H2,(H,27,33)(H,28,29). The van der Waals surface area contributed by atoms with Gasteiger partial charge in [0.15, 0.2) is 0 Å². The molecule has 0 aliphatic carbocycles. The first-order chi connectivity index (χ1) is 16.3. The van der Waals surface area contributed by atoms with Crippen molar-refractivity contribution >= 4 is 22.9 Å². The van der Waals surface area contributed by atoms with Crippen LogP contribution in [0.3, 0.4) is 0 Å². The summed E-state index contributed by atoms with van der Waals surface area (Å²) in [6.45, 7) is 8.73. The van der Waals surface area contributed by atoms with Gasteiger partial charge in [-0.2, -0.15) is 0 Å². The SMILES string of the molecule is O=C(NCCCN1CCC(N2CCCCC2)CC1)C1CCN(c2nc3ccccc3[nH]2)CC1. The third-order valence-corrected chi connectivity index (χ3v) is 7.96. The van der Waals surface area contributed by atoms with E-state index in [1.807, 2.05) is 18.2 Å². The lowest BCUT2D eigenvalue weighted by atomic mass is 9.96. The van der Waals surface area contributed by atoms with Crippen LogP contribution in [0.5, 0.6) is 0 Å². The number of fused-ring (bicyclic) bond motifs is 1. The third kappa shape index (κ3) is 5.69. The van der Waals surface area contributed by atoms with E-state index in [9.17, 15) is 4.79 Å². The minimum atomic E-state index is 0.130. The lowest BCUT2D eigenvalue weighted by Crippen LogP contribution is -2.47. The van der Waals surface area contributed by atoms with Gasteiger partial charge in [-0.1, -0.05) is 18.6 Å². The molecule has 0 unspecified atom stereocenters. The van der Waals surface area contributed by atoms with Crippen molar-refractivity contribution in [2.75, 3.05) is 57.3 Å². The van der Waals surface area contributed by atoms with E-state index in [4.69, 9.17) is 4.98 Å². The van der Waals surface area contributed by atoms with E-state index < -0.39 is 0 Å². The van der Waals surface area contributed by atoms with E-state index in [0.717, 1.165) is 68.5 Å². The number of nitrogens with zero attached hydrogens (tertiary/aromatic N) is 4. The zero-order valence-electron chi connectivity index (χ0n) is 20.0. The van der Waals surface area contributed by atoms with Crippen LogP contribution in [-0.2, 0) is 4.79 Å². The van der Waals surface area contributed by atoms with Crippen molar-refractivity contribution < 1.29 is 4.79 Å². The number of piperidine rings is 3. The molecule has 3 fully saturated rings. The van der Waals surface area contributed by atoms with Gasteiger partial charge in [-0.25, -0.2) is 4.98 Å². The average molecular weight is 453 g/mol. The highest BCUT2D eigenvalue weighted by Crippen LogP contribution is 2.24. The summed E-state index contributed by atoms with van der Waals surface area (Å²) in [4.78, 5) is 28.4. The highest BCUT2D eigenvalue weighted by Gasteiger charge is 2.27. The molecule has 3 saturated heterocycles. The molecule has 0 saturated carbocycles. The summed E-state index contributed by atoms with van der Waals surface area (Å²) in [6, 6.07) is 8.95. The predicted molar refractivity (Wildman–Crippen MR) is 134 cm³/mol. The zero-order chi connectivity index (χ0) is 22.5. The van der Waals surface area contributed by atoms with Crippen molar-refractivity contribution in [3.8, 4) is 0 Å². The Morgan fingerprint density at radius 2 is 1.73 bits per heavy atom. The fourth-order valence-corrected chi connectivity index (χ4v) is 5.89. The normalized spacial score (nSPS) is 22.1. The molecular weight excluding hydrogens is 412 g/mol. The summed E-state index contributed by atoms with van der Waals surface area (Å²) in [5, 5.41) is 3.21. The number of carbonyl (C=O) groups is 1. The Balaban J connectivity index is 0.969. The predicted octanol–water partition coefficient (Wildman–Crippen LogP) is 3.24. The number of nitrogens with one attached hydrogen (secondary N) is 2. The maximum absolute atomic E-state index is 12.7. The number of H-pyrrole nitrogens is 1. The summed E-state index contributed by atoms with van der Waals surface area (Å²) in [7, 11) is 0. The van der Waals surface area contributed by atoms with Crippen LogP contribution in [0.1, 0.15) is 51.4 Å². The summed E-state index contributed by atoms with van der Waals surface area (Å²) in [5.41, 5.74) is 2.08. The Kier molecular flexibility index (Phi) is 7.47. The number of aromatic amines is 1. The average Bonchev–Trinajstić information content (AvgIpc) is 3.32. The highest BCUT2D eigenvalue weighted by molar-refractivity contribution is 5.79. The zero-order valence-corrected chi connectivity index (χ0v) is 20.0. The smallest absolute Gasteiger partial charge is 0.223 e. The molecule has 4 heterocycles. The number of amides is 1. The first kappa shape index (κ1) is 22.7. The molecule has 0 bridgehead atoms. The van der Waals surface area contributed by atoms with Crippen LogP contribution >= 0.6 is 0 Å². The fraction of sp³-hybridized carbons (Fsp3) is 0.692. The molecule has 180 valence electrons. The quantitative estimate of drug-likeness (QED) is 0.632. The summed E-state index contributed by atoms with van der Waals surface area (Å²) in [6.07, 6.45) is 9.67. The minimum absolute atomic E-state index is 0.130. The Morgan fingerprint density at radius 3 is 2.48 bits per heavy atom. The third-order valence-electron chi connectivity index (χ3n) is 7.96. The van der Waals surface area contributed by atoms with Crippen molar-refractivity contribution in [2.45, 2.75) is 57.4 Å². The van der Waals surface area contributed by atoms with Crippen molar-refractivity contribution in [3.05, 3.63) is 24.3 Å². The molecule has 33 heavy (non-hydrogen) atoms. The number of carbonyl (C=O) groups excluding carboxylic acids is 1.